The number of nitrogens with zero attached hydrogens (tertiary/aromatic N) is 3. The molecule has 0 bridgehead atoms. The number of aryl methyl sites for hydroxylation is 2. The van der Waals surface area contributed by atoms with E-state index < -0.39 is 0 Å². The maximum absolute atomic E-state index is 12.6. The minimum absolute atomic E-state index is 0.0736. The van der Waals surface area contributed by atoms with Crippen LogP contribution in [0.5, 0.6) is 0 Å². The van der Waals surface area contributed by atoms with Crippen LogP contribution in [0.25, 0.3) is 0 Å². The molecule has 0 aliphatic rings. The molecule has 0 aromatic carbocycles. The number of amides is 1. The van der Waals surface area contributed by atoms with Gasteiger partial charge in [0.15, 0.2) is 0 Å². The second kappa shape index (κ2) is 6.30. The normalized spacial score (nSPS) is 13.0. The Bertz CT molecular complexity index is 621. The average molecular weight is 300 g/mol. The molecule has 22 heavy (non-hydrogen) atoms. The van der Waals surface area contributed by atoms with Gasteiger partial charge < -0.3 is 9.88 Å². The van der Waals surface area contributed by atoms with Crippen LogP contribution in [0.1, 0.15) is 55.0 Å². The summed E-state index contributed by atoms with van der Waals surface area (Å²) in [4.78, 5) is 21.0. The van der Waals surface area contributed by atoms with Crippen LogP contribution in [0.4, 0.5) is 0 Å². The molecule has 2 aromatic heterocycles. The van der Waals surface area contributed by atoms with E-state index in [1.165, 1.54) is 0 Å². The zero-order valence-electron chi connectivity index (χ0n) is 13.9. The lowest BCUT2D eigenvalue weighted by Crippen LogP contribution is -2.32. The summed E-state index contributed by atoms with van der Waals surface area (Å²) in [6.07, 6.45) is 6.05. The van der Waals surface area contributed by atoms with Gasteiger partial charge in [-0.15, -0.1) is 0 Å². The Morgan fingerprint density at radius 3 is 2.64 bits per heavy atom. The molecule has 2 aromatic rings. The van der Waals surface area contributed by atoms with Gasteiger partial charge >= 0.3 is 0 Å². The Labute approximate surface area is 131 Å². The molecule has 0 radical (unpaired) electrons. The summed E-state index contributed by atoms with van der Waals surface area (Å²) in [5, 5.41) is 3.13. The summed E-state index contributed by atoms with van der Waals surface area (Å²) in [6.45, 7) is 8.34. The van der Waals surface area contributed by atoms with Gasteiger partial charge in [0.05, 0.1) is 18.1 Å². The highest BCUT2D eigenvalue weighted by atomic mass is 16.2. The number of rotatable bonds is 4. The van der Waals surface area contributed by atoms with Crippen LogP contribution in [0.3, 0.4) is 0 Å². The standard InChI is InChI=1S/C17H24N4O/c1-12-15(21(5)11-19-12)16(22)20-14(9-17(2,3)4)13-7-6-8-18-10-13/h6-8,10-11,14H,9H2,1-5H3,(H,20,22)/t14-/m0/s1. The molecule has 0 aliphatic carbocycles. The number of hydrogen-bond acceptors (Lipinski definition) is 3. The Hall–Kier alpha value is -2.17. The summed E-state index contributed by atoms with van der Waals surface area (Å²) in [7, 11) is 1.83. The lowest BCUT2D eigenvalue weighted by molar-refractivity contribution is 0.0917. The van der Waals surface area contributed by atoms with Gasteiger partial charge in [0, 0.05) is 19.4 Å². The summed E-state index contributed by atoms with van der Waals surface area (Å²) >= 11 is 0. The van der Waals surface area contributed by atoms with Crippen molar-refractivity contribution in [2.45, 2.75) is 40.2 Å². The highest BCUT2D eigenvalue weighted by Crippen LogP contribution is 2.29. The van der Waals surface area contributed by atoms with Gasteiger partial charge in [-0.1, -0.05) is 26.8 Å². The van der Waals surface area contributed by atoms with E-state index in [-0.39, 0.29) is 17.4 Å². The van der Waals surface area contributed by atoms with Crippen LogP contribution in [-0.2, 0) is 7.05 Å². The number of hydrogen-bond donors (Lipinski definition) is 1. The molecule has 0 unspecified atom stereocenters. The molecule has 2 rings (SSSR count). The van der Waals surface area contributed by atoms with Crippen LogP contribution >= 0.6 is 0 Å². The van der Waals surface area contributed by atoms with Crippen molar-refractivity contribution in [1.29, 1.82) is 0 Å². The third-order valence-corrected chi connectivity index (χ3v) is 3.54. The molecule has 1 amide bonds. The first-order valence-corrected chi connectivity index (χ1v) is 7.46. The van der Waals surface area contributed by atoms with Crippen LogP contribution in [-0.4, -0.2) is 20.4 Å². The molecule has 1 N–H and O–H groups in total. The molecule has 0 saturated heterocycles. The van der Waals surface area contributed by atoms with Gasteiger partial charge in [0.25, 0.3) is 5.91 Å². The third-order valence-electron chi connectivity index (χ3n) is 3.54. The fourth-order valence-corrected chi connectivity index (χ4v) is 2.55. The van der Waals surface area contributed by atoms with Gasteiger partial charge in [-0.05, 0) is 30.4 Å². The van der Waals surface area contributed by atoms with E-state index in [9.17, 15) is 4.79 Å². The van der Waals surface area contributed by atoms with Crippen molar-refractivity contribution in [3.63, 3.8) is 0 Å². The molecule has 0 saturated carbocycles. The summed E-state index contributed by atoms with van der Waals surface area (Å²) in [5.74, 6) is -0.101. The first-order valence-electron chi connectivity index (χ1n) is 7.46. The van der Waals surface area contributed by atoms with E-state index >= 15 is 0 Å². The Balaban J connectivity index is 2.25. The molecule has 0 aliphatic heterocycles. The van der Waals surface area contributed by atoms with E-state index in [1.54, 1.807) is 17.1 Å². The molecule has 5 nitrogen and oxygen atoms in total. The molecular formula is C17H24N4O. The van der Waals surface area contributed by atoms with Gasteiger partial charge in [-0.3, -0.25) is 9.78 Å². The maximum Gasteiger partial charge on any atom is 0.270 e. The lowest BCUT2D eigenvalue weighted by atomic mass is 9.86. The van der Waals surface area contributed by atoms with Crippen molar-refractivity contribution >= 4 is 5.91 Å². The van der Waals surface area contributed by atoms with E-state index in [0.29, 0.717) is 5.69 Å². The van der Waals surface area contributed by atoms with Crippen molar-refractivity contribution in [2.75, 3.05) is 0 Å². The zero-order valence-corrected chi connectivity index (χ0v) is 13.9. The largest absolute Gasteiger partial charge is 0.344 e. The first kappa shape index (κ1) is 16.2. The molecule has 1 atom stereocenters. The molecule has 5 heteroatoms. The van der Waals surface area contributed by atoms with E-state index in [4.69, 9.17) is 0 Å². The van der Waals surface area contributed by atoms with E-state index in [0.717, 1.165) is 17.7 Å². The SMILES string of the molecule is Cc1ncn(C)c1C(=O)N[C@@H](CC(C)(C)C)c1cccnc1. The molecule has 118 valence electrons. The Morgan fingerprint density at radius 2 is 2.14 bits per heavy atom. The minimum Gasteiger partial charge on any atom is -0.344 e. The maximum atomic E-state index is 12.6. The van der Waals surface area contributed by atoms with Crippen molar-refractivity contribution in [1.82, 2.24) is 19.9 Å². The van der Waals surface area contributed by atoms with Crippen LogP contribution < -0.4 is 5.32 Å². The number of carbonyl (C=O) groups is 1. The Kier molecular flexibility index (Phi) is 4.64. The molecule has 0 fully saturated rings. The number of imidazole rings is 1. The zero-order chi connectivity index (χ0) is 16.3. The van der Waals surface area contributed by atoms with Crippen LogP contribution in [0, 0.1) is 12.3 Å². The fraction of sp³-hybridized carbons (Fsp3) is 0.471. The number of aromatic nitrogens is 3. The highest BCUT2D eigenvalue weighted by Gasteiger charge is 2.24. The smallest absolute Gasteiger partial charge is 0.270 e. The topological polar surface area (TPSA) is 59.8 Å². The monoisotopic (exact) mass is 300 g/mol. The molecule has 2 heterocycles. The van der Waals surface area contributed by atoms with Gasteiger partial charge in [0.1, 0.15) is 5.69 Å². The predicted molar refractivity (Wildman–Crippen MR) is 86.5 cm³/mol. The van der Waals surface area contributed by atoms with Gasteiger partial charge in [0.2, 0.25) is 0 Å². The van der Waals surface area contributed by atoms with Gasteiger partial charge in [-0.2, -0.15) is 0 Å². The van der Waals surface area contributed by atoms with Crippen LogP contribution in [0.15, 0.2) is 30.9 Å². The van der Waals surface area contributed by atoms with E-state index in [2.05, 4.69) is 36.1 Å². The number of carbonyl (C=O) groups excluding carboxylic acids is 1. The fourth-order valence-electron chi connectivity index (χ4n) is 2.55. The number of nitrogens with one attached hydrogen (secondary N) is 1. The molecule has 0 spiro atoms. The van der Waals surface area contributed by atoms with Gasteiger partial charge in [-0.25, -0.2) is 4.98 Å². The second-order valence-corrected chi connectivity index (χ2v) is 6.87. The van der Waals surface area contributed by atoms with Crippen molar-refractivity contribution in [3.05, 3.63) is 47.8 Å². The molecular weight excluding hydrogens is 276 g/mol. The summed E-state index contributed by atoms with van der Waals surface area (Å²) < 4.78 is 1.75. The first-order chi connectivity index (χ1) is 10.3. The van der Waals surface area contributed by atoms with Crippen molar-refractivity contribution in [3.8, 4) is 0 Å². The van der Waals surface area contributed by atoms with E-state index in [1.807, 2.05) is 32.3 Å². The van der Waals surface area contributed by atoms with Crippen molar-refractivity contribution < 1.29 is 4.79 Å². The third kappa shape index (κ3) is 3.93. The van der Waals surface area contributed by atoms with Crippen LogP contribution in [0.2, 0.25) is 0 Å². The lowest BCUT2D eigenvalue weighted by Gasteiger charge is -2.27. The highest BCUT2D eigenvalue weighted by molar-refractivity contribution is 5.93. The second-order valence-electron chi connectivity index (χ2n) is 6.87. The number of pyridine rings is 1. The predicted octanol–water partition coefficient (Wildman–Crippen LogP) is 3.03. The van der Waals surface area contributed by atoms with Crippen molar-refractivity contribution in [2.24, 2.45) is 12.5 Å². The quantitative estimate of drug-likeness (QED) is 0.944. The summed E-state index contributed by atoms with van der Waals surface area (Å²) in [5.41, 5.74) is 2.45. The summed E-state index contributed by atoms with van der Waals surface area (Å²) in [6, 6.07) is 3.82. The Morgan fingerprint density at radius 1 is 1.41 bits per heavy atom. The average Bonchev–Trinajstić information content (AvgIpc) is 2.77. The minimum atomic E-state index is -0.101.